The Bertz CT molecular complexity index is 254. The van der Waals surface area contributed by atoms with Crippen LogP contribution < -0.4 is 10.6 Å². The van der Waals surface area contributed by atoms with Gasteiger partial charge in [0.2, 0.25) is 5.91 Å². The highest BCUT2D eigenvalue weighted by atomic mass is 16.1. The van der Waals surface area contributed by atoms with Gasteiger partial charge >= 0.3 is 0 Å². The summed E-state index contributed by atoms with van der Waals surface area (Å²) in [6.45, 7) is 15.6. The van der Waals surface area contributed by atoms with E-state index in [4.69, 9.17) is 0 Å². The predicted molar refractivity (Wildman–Crippen MR) is 78.7 cm³/mol. The van der Waals surface area contributed by atoms with E-state index >= 15 is 0 Å². The average Bonchev–Trinajstić information content (AvgIpc) is 2.11. The first-order valence-corrected chi connectivity index (χ1v) is 7.10. The monoisotopic (exact) mass is 256 g/mol. The molecule has 0 aromatic rings. The molecule has 0 aliphatic heterocycles. The zero-order chi connectivity index (χ0) is 14.4. The van der Waals surface area contributed by atoms with E-state index in [1.54, 1.807) is 0 Å². The minimum absolute atomic E-state index is 0.0103. The van der Waals surface area contributed by atoms with E-state index in [9.17, 15) is 4.79 Å². The Hall–Kier alpha value is -0.570. The van der Waals surface area contributed by atoms with Crippen LogP contribution in [0.15, 0.2) is 0 Å². The van der Waals surface area contributed by atoms with Crippen LogP contribution in [0.3, 0.4) is 0 Å². The lowest BCUT2D eigenvalue weighted by molar-refractivity contribution is -0.121. The summed E-state index contributed by atoms with van der Waals surface area (Å²) < 4.78 is 0. The highest BCUT2D eigenvalue weighted by molar-refractivity contribution is 5.78. The lowest BCUT2D eigenvalue weighted by Gasteiger charge is -2.33. The van der Waals surface area contributed by atoms with E-state index in [1.807, 2.05) is 0 Å². The van der Waals surface area contributed by atoms with E-state index < -0.39 is 0 Å². The first-order valence-electron chi connectivity index (χ1n) is 7.10. The number of amides is 1. The molecule has 3 heteroatoms. The fourth-order valence-electron chi connectivity index (χ4n) is 2.54. The molecular formula is C15H32N2O. The summed E-state index contributed by atoms with van der Waals surface area (Å²) in [5, 5.41) is 6.37. The molecule has 0 spiro atoms. The van der Waals surface area contributed by atoms with Gasteiger partial charge in [0.05, 0.1) is 6.54 Å². The van der Waals surface area contributed by atoms with Gasteiger partial charge in [0.1, 0.15) is 0 Å². The van der Waals surface area contributed by atoms with Gasteiger partial charge in [-0.25, -0.2) is 0 Å². The minimum Gasteiger partial charge on any atom is -0.353 e. The van der Waals surface area contributed by atoms with Gasteiger partial charge in [-0.15, -0.1) is 0 Å². The Labute approximate surface area is 113 Å². The smallest absolute Gasteiger partial charge is 0.234 e. The SMILES string of the molecule is CCCC(C)NC(=O)CNC(C)(C)CC(C)(C)C. The minimum atomic E-state index is -0.0103. The Morgan fingerprint density at radius 2 is 1.72 bits per heavy atom. The first kappa shape index (κ1) is 17.4. The van der Waals surface area contributed by atoms with Crippen LogP contribution in [0.1, 0.15) is 67.7 Å². The van der Waals surface area contributed by atoms with Crippen molar-refractivity contribution in [3.8, 4) is 0 Å². The molecule has 0 saturated heterocycles. The van der Waals surface area contributed by atoms with E-state index in [-0.39, 0.29) is 22.9 Å². The standard InChI is InChI=1S/C15H32N2O/c1-8-9-12(2)17-13(18)10-16-15(6,7)11-14(3,4)5/h12,16H,8-11H2,1-7H3,(H,17,18). The summed E-state index contributed by atoms with van der Waals surface area (Å²) >= 11 is 0. The highest BCUT2D eigenvalue weighted by Gasteiger charge is 2.25. The molecule has 0 radical (unpaired) electrons. The topological polar surface area (TPSA) is 41.1 Å². The van der Waals surface area contributed by atoms with Crippen molar-refractivity contribution < 1.29 is 4.79 Å². The van der Waals surface area contributed by atoms with Crippen LogP contribution in [0, 0.1) is 5.41 Å². The summed E-state index contributed by atoms with van der Waals surface area (Å²) in [5.74, 6) is 0.0953. The third-order valence-electron chi connectivity index (χ3n) is 2.83. The van der Waals surface area contributed by atoms with Crippen molar-refractivity contribution in [3.05, 3.63) is 0 Å². The lowest BCUT2D eigenvalue weighted by atomic mass is 9.82. The van der Waals surface area contributed by atoms with Crippen molar-refractivity contribution in [2.24, 2.45) is 5.41 Å². The van der Waals surface area contributed by atoms with E-state index in [1.165, 1.54) is 0 Å². The number of hydrogen-bond acceptors (Lipinski definition) is 2. The van der Waals surface area contributed by atoms with Gasteiger partial charge in [0, 0.05) is 11.6 Å². The molecule has 0 saturated carbocycles. The number of carbonyl (C=O) groups is 1. The van der Waals surface area contributed by atoms with Crippen LogP contribution in [0.5, 0.6) is 0 Å². The van der Waals surface area contributed by atoms with E-state index in [0.29, 0.717) is 6.54 Å². The molecule has 0 aliphatic rings. The summed E-state index contributed by atoms with van der Waals surface area (Å²) in [5.41, 5.74) is 0.256. The molecule has 0 aromatic carbocycles. The quantitative estimate of drug-likeness (QED) is 0.735. The Morgan fingerprint density at radius 1 is 1.17 bits per heavy atom. The van der Waals surface area contributed by atoms with Crippen molar-refractivity contribution in [1.82, 2.24) is 10.6 Å². The maximum atomic E-state index is 11.8. The maximum Gasteiger partial charge on any atom is 0.234 e. The zero-order valence-electron chi connectivity index (χ0n) is 13.3. The van der Waals surface area contributed by atoms with Gasteiger partial charge in [-0.1, -0.05) is 34.1 Å². The van der Waals surface area contributed by atoms with Crippen LogP contribution in [-0.4, -0.2) is 24.0 Å². The van der Waals surface area contributed by atoms with Crippen molar-refractivity contribution in [2.45, 2.75) is 79.3 Å². The normalized spacial score (nSPS) is 14.4. The molecule has 2 N–H and O–H groups in total. The summed E-state index contributed by atoms with van der Waals surface area (Å²) in [6, 6.07) is 0.273. The zero-order valence-corrected chi connectivity index (χ0v) is 13.3. The summed E-state index contributed by atoms with van der Waals surface area (Å²) in [6.07, 6.45) is 3.18. The molecule has 108 valence electrons. The highest BCUT2D eigenvalue weighted by Crippen LogP contribution is 2.26. The van der Waals surface area contributed by atoms with E-state index in [0.717, 1.165) is 19.3 Å². The summed E-state index contributed by atoms with van der Waals surface area (Å²) in [7, 11) is 0. The van der Waals surface area contributed by atoms with Crippen molar-refractivity contribution in [1.29, 1.82) is 0 Å². The largest absolute Gasteiger partial charge is 0.353 e. The van der Waals surface area contributed by atoms with Gasteiger partial charge in [-0.05, 0) is 39.0 Å². The Balaban J connectivity index is 4.04. The number of rotatable bonds is 7. The molecule has 1 unspecified atom stereocenters. The van der Waals surface area contributed by atoms with E-state index in [2.05, 4.69) is 59.1 Å². The molecule has 0 aliphatic carbocycles. The van der Waals surface area contributed by atoms with Crippen LogP contribution in [-0.2, 0) is 4.79 Å². The second kappa shape index (κ2) is 7.13. The molecular weight excluding hydrogens is 224 g/mol. The number of carbonyl (C=O) groups excluding carboxylic acids is 1. The third-order valence-corrected chi connectivity index (χ3v) is 2.83. The third kappa shape index (κ3) is 9.46. The Kier molecular flexibility index (Phi) is 6.90. The van der Waals surface area contributed by atoms with Crippen LogP contribution in [0.2, 0.25) is 0 Å². The number of hydrogen-bond donors (Lipinski definition) is 2. The van der Waals surface area contributed by atoms with Crippen molar-refractivity contribution in [3.63, 3.8) is 0 Å². The lowest BCUT2D eigenvalue weighted by Crippen LogP contribution is -2.48. The van der Waals surface area contributed by atoms with Crippen LogP contribution >= 0.6 is 0 Å². The van der Waals surface area contributed by atoms with Gasteiger partial charge in [-0.3, -0.25) is 4.79 Å². The van der Waals surface area contributed by atoms with Crippen LogP contribution in [0.25, 0.3) is 0 Å². The first-order chi connectivity index (χ1) is 8.06. The molecule has 1 amide bonds. The van der Waals surface area contributed by atoms with Crippen molar-refractivity contribution in [2.75, 3.05) is 6.54 Å². The Morgan fingerprint density at radius 3 is 2.17 bits per heavy atom. The second-order valence-electron chi connectivity index (χ2n) is 7.23. The second-order valence-corrected chi connectivity index (χ2v) is 7.23. The molecule has 0 aromatic heterocycles. The van der Waals surface area contributed by atoms with Crippen molar-refractivity contribution >= 4 is 5.91 Å². The number of nitrogens with one attached hydrogen (secondary N) is 2. The van der Waals surface area contributed by atoms with Gasteiger partial charge in [-0.2, -0.15) is 0 Å². The average molecular weight is 256 g/mol. The molecule has 1 atom stereocenters. The summed E-state index contributed by atoms with van der Waals surface area (Å²) in [4.78, 5) is 11.8. The van der Waals surface area contributed by atoms with Crippen LogP contribution in [0.4, 0.5) is 0 Å². The molecule has 0 fully saturated rings. The molecule has 3 nitrogen and oxygen atoms in total. The predicted octanol–water partition coefficient (Wildman–Crippen LogP) is 3.10. The van der Waals surface area contributed by atoms with Gasteiger partial charge in [0.15, 0.2) is 0 Å². The molecule has 0 bridgehead atoms. The fraction of sp³-hybridized carbons (Fsp3) is 0.933. The maximum absolute atomic E-state index is 11.8. The fourth-order valence-corrected chi connectivity index (χ4v) is 2.54. The molecule has 18 heavy (non-hydrogen) atoms. The van der Waals surface area contributed by atoms with Gasteiger partial charge in [0.25, 0.3) is 0 Å². The molecule has 0 heterocycles. The van der Waals surface area contributed by atoms with Gasteiger partial charge < -0.3 is 10.6 Å². The molecule has 0 rings (SSSR count).